The lowest BCUT2D eigenvalue weighted by Gasteiger charge is -2.32. The number of hydrogen-bond acceptors (Lipinski definition) is 3. The average Bonchev–Trinajstić information content (AvgIpc) is 2.18. The third-order valence-electron chi connectivity index (χ3n) is 3.04. The van der Waals surface area contributed by atoms with E-state index in [1.807, 2.05) is 0 Å². The van der Waals surface area contributed by atoms with E-state index >= 15 is 0 Å². The Hall–Kier alpha value is -0.120. The van der Waals surface area contributed by atoms with Crippen molar-refractivity contribution in [2.24, 2.45) is 17.6 Å². The molecule has 3 heteroatoms. The summed E-state index contributed by atoms with van der Waals surface area (Å²) in [5.74, 6) is 1.50. The van der Waals surface area contributed by atoms with Crippen LogP contribution in [-0.2, 0) is 0 Å². The van der Waals surface area contributed by atoms with Gasteiger partial charge in [0.05, 0.1) is 0 Å². The van der Waals surface area contributed by atoms with E-state index in [-0.39, 0.29) is 0 Å². The Balaban J connectivity index is 2.22. The molecule has 1 aliphatic rings. The monoisotopic (exact) mass is 199 g/mol. The van der Waals surface area contributed by atoms with Crippen LogP contribution in [0.3, 0.4) is 0 Å². The van der Waals surface area contributed by atoms with Crippen LogP contribution in [0.5, 0.6) is 0 Å². The molecule has 2 unspecified atom stereocenters. The Morgan fingerprint density at radius 3 is 2.71 bits per heavy atom. The lowest BCUT2D eigenvalue weighted by atomic mass is 9.90. The fourth-order valence-corrected chi connectivity index (χ4v) is 2.36. The lowest BCUT2D eigenvalue weighted by Crippen LogP contribution is -2.43. The van der Waals surface area contributed by atoms with Gasteiger partial charge in [0.2, 0.25) is 0 Å². The minimum Gasteiger partial charge on any atom is -0.330 e. The second-order valence-electron chi connectivity index (χ2n) is 4.62. The highest BCUT2D eigenvalue weighted by Crippen LogP contribution is 2.16. The third kappa shape index (κ3) is 3.95. The molecule has 1 rings (SSSR count). The molecule has 1 aliphatic heterocycles. The fraction of sp³-hybridized carbons (Fsp3) is 1.00. The molecule has 14 heavy (non-hydrogen) atoms. The minimum absolute atomic E-state index is 0.698. The van der Waals surface area contributed by atoms with Gasteiger partial charge in [-0.1, -0.05) is 6.92 Å². The van der Waals surface area contributed by atoms with Crippen molar-refractivity contribution in [3.05, 3.63) is 0 Å². The molecule has 0 aromatic rings. The van der Waals surface area contributed by atoms with Crippen molar-refractivity contribution in [3.8, 4) is 0 Å². The summed E-state index contributed by atoms with van der Waals surface area (Å²) in [5, 5.41) is 3.48. The van der Waals surface area contributed by atoms with Crippen molar-refractivity contribution in [2.45, 2.75) is 19.8 Å². The van der Waals surface area contributed by atoms with E-state index in [1.54, 1.807) is 0 Å². The van der Waals surface area contributed by atoms with Crippen LogP contribution >= 0.6 is 0 Å². The van der Waals surface area contributed by atoms with Crippen LogP contribution < -0.4 is 11.1 Å². The maximum Gasteiger partial charge on any atom is 0.00189 e. The van der Waals surface area contributed by atoms with Gasteiger partial charge in [0.1, 0.15) is 0 Å². The number of piperidine rings is 1. The molecule has 1 saturated heterocycles. The molecule has 0 saturated carbocycles. The molecular formula is C11H25N3. The van der Waals surface area contributed by atoms with Crippen molar-refractivity contribution >= 4 is 0 Å². The zero-order valence-electron chi connectivity index (χ0n) is 9.63. The third-order valence-corrected chi connectivity index (χ3v) is 3.04. The second kappa shape index (κ2) is 6.38. The highest BCUT2D eigenvalue weighted by atomic mass is 15.1. The van der Waals surface area contributed by atoms with Crippen LogP contribution in [-0.4, -0.2) is 44.7 Å². The predicted octanol–water partition coefficient (Wildman–Crippen LogP) is 0.513. The number of nitrogens with zero attached hydrogens (tertiary/aromatic N) is 1. The Labute approximate surface area is 88.0 Å². The lowest BCUT2D eigenvalue weighted by molar-refractivity contribution is 0.212. The fourth-order valence-electron chi connectivity index (χ4n) is 2.36. The first kappa shape index (κ1) is 12.0. The molecule has 2 atom stereocenters. The molecule has 0 spiro atoms. The molecule has 0 aliphatic carbocycles. The number of nitrogens with two attached hydrogens (primary N) is 1. The van der Waals surface area contributed by atoms with Gasteiger partial charge in [-0.15, -0.1) is 0 Å². The summed E-state index contributed by atoms with van der Waals surface area (Å²) in [7, 11) is 2.22. The van der Waals surface area contributed by atoms with Crippen LogP contribution in [0, 0.1) is 11.8 Å². The zero-order valence-corrected chi connectivity index (χ0v) is 9.63. The van der Waals surface area contributed by atoms with E-state index in [0.717, 1.165) is 19.0 Å². The Morgan fingerprint density at radius 1 is 1.36 bits per heavy atom. The minimum atomic E-state index is 0.698. The molecule has 0 aromatic carbocycles. The second-order valence-corrected chi connectivity index (χ2v) is 4.62. The summed E-state index contributed by atoms with van der Waals surface area (Å²) in [5.41, 5.74) is 5.70. The highest BCUT2D eigenvalue weighted by molar-refractivity contribution is 4.78. The summed E-state index contributed by atoms with van der Waals surface area (Å²) < 4.78 is 0. The molecule has 0 aromatic heterocycles. The van der Waals surface area contributed by atoms with Gasteiger partial charge in [-0.05, 0) is 57.9 Å². The normalized spacial score (nSPS) is 28.3. The molecular weight excluding hydrogens is 174 g/mol. The van der Waals surface area contributed by atoms with E-state index in [0.29, 0.717) is 5.92 Å². The summed E-state index contributed by atoms with van der Waals surface area (Å²) >= 11 is 0. The zero-order chi connectivity index (χ0) is 10.4. The summed E-state index contributed by atoms with van der Waals surface area (Å²) in [6.07, 6.45) is 2.55. The highest BCUT2D eigenvalue weighted by Gasteiger charge is 2.21. The van der Waals surface area contributed by atoms with Crippen LogP contribution in [0.4, 0.5) is 0 Å². The SMILES string of the molecule is CCCN(C)CC1CNCC(CN)C1. The van der Waals surface area contributed by atoms with Gasteiger partial charge >= 0.3 is 0 Å². The van der Waals surface area contributed by atoms with Crippen molar-refractivity contribution in [1.82, 2.24) is 10.2 Å². The molecule has 0 bridgehead atoms. The van der Waals surface area contributed by atoms with Crippen molar-refractivity contribution in [2.75, 3.05) is 39.8 Å². The molecule has 3 nitrogen and oxygen atoms in total. The first-order valence-corrected chi connectivity index (χ1v) is 5.85. The Kier molecular flexibility index (Phi) is 5.45. The number of rotatable bonds is 5. The van der Waals surface area contributed by atoms with E-state index in [9.17, 15) is 0 Å². The van der Waals surface area contributed by atoms with Gasteiger partial charge in [0, 0.05) is 6.54 Å². The smallest absolute Gasteiger partial charge is 0.00189 e. The topological polar surface area (TPSA) is 41.3 Å². The first-order valence-electron chi connectivity index (χ1n) is 5.85. The average molecular weight is 199 g/mol. The Bertz CT molecular complexity index is 149. The quantitative estimate of drug-likeness (QED) is 0.678. The largest absolute Gasteiger partial charge is 0.330 e. The molecule has 1 heterocycles. The van der Waals surface area contributed by atoms with Gasteiger partial charge in [0.25, 0.3) is 0 Å². The van der Waals surface area contributed by atoms with E-state index in [1.165, 1.54) is 32.5 Å². The van der Waals surface area contributed by atoms with Crippen LogP contribution in [0.15, 0.2) is 0 Å². The molecule has 84 valence electrons. The maximum absolute atomic E-state index is 5.70. The molecule has 0 radical (unpaired) electrons. The van der Waals surface area contributed by atoms with Crippen molar-refractivity contribution in [1.29, 1.82) is 0 Å². The Morgan fingerprint density at radius 2 is 2.07 bits per heavy atom. The van der Waals surface area contributed by atoms with Gasteiger partial charge < -0.3 is 16.0 Å². The van der Waals surface area contributed by atoms with E-state index in [4.69, 9.17) is 5.73 Å². The van der Waals surface area contributed by atoms with Gasteiger partial charge in [0.15, 0.2) is 0 Å². The van der Waals surface area contributed by atoms with Crippen molar-refractivity contribution < 1.29 is 0 Å². The molecule has 1 fully saturated rings. The van der Waals surface area contributed by atoms with Gasteiger partial charge in [-0.25, -0.2) is 0 Å². The van der Waals surface area contributed by atoms with E-state index < -0.39 is 0 Å². The summed E-state index contributed by atoms with van der Waals surface area (Å²) in [4.78, 5) is 2.44. The number of nitrogens with one attached hydrogen (secondary N) is 1. The van der Waals surface area contributed by atoms with Crippen LogP contribution in [0.1, 0.15) is 19.8 Å². The van der Waals surface area contributed by atoms with Crippen LogP contribution in [0.2, 0.25) is 0 Å². The predicted molar refractivity (Wildman–Crippen MR) is 61.3 cm³/mol. The summed E-state index contributed by atoms with van der Waals surface area (Å²) in [6.45, 7) is 7.79. The summed E-state index contributed by atoms with van der Waals surface area (Å²) in [6, 6.07) is 0. The van der Waals surface area contributed by atoms with Crippen LogP contribution in [0.25, 0.3) is 0 Å². The number of hydrogen-bond donors (Lipinski definition) is 2. The standard InChI is InChI=1S/C11H25N3/c1-3-4-14(2)9-11-5-10(6-12)7-13-8-11/h10-11,13H,3-9,12H2,1-2H3. The first-order chi connectivity index (χ1) is 6.76. The maximum atomic E-state index is 5.70. The van der Waals surface area contributed by atoms with Gasteiger partial charge in [-0.3, -0.25) is 0 Å². The van der Waals surface area contributed by atoms with Gasteiger partial charge in [-0.2, -0.15) is 0 Å². The van der Waals surface area contributed by atoms with Crippen molar-refractivity contribution in [3.63, 3.8) is 0 Å². The van der Waals surface area contributed by atoms with E-state index in [2.05, 4.69) is 24.2 Å². The molecule has 0 amide bonds. The molecule has 3 N–H and O–H groups in total.